The van der Waals surface area contributed by atoms with Crippen molar-refractivity contribution in [2.45, 2.75) is 26.0 Å². The maximum atomic E-state index is 12.7. The van der Waals surface area contributed by atoms with Crippen LogP contribution in [0.1, 0.15) is 24.0 Å². The lowest BCUT2D eigenvalue weighted by Gasteiger charge is -2.31. The summed E-state index contributed by atoms with van der Waals surface area (Å²) in [6, 6.07) is 23.3. The number of carbonyl (C=O) groups excluding carboxylic acids is 1. The monoisotopic (exact) mass is 468 g/mol. The van der Waals surface area contributed by atoms with Gasteiger partial charge in [-0.05, 0) is 73.5 Å². The van der Waals surface area contributed by atoms with Gasteiger partial charge in [0.05, 0.1) is 10.0 Å². The van der Waals surface area contributed by atoms with Crippen molar-refractivity contribution in [3.8, 4) is 5.75 Å². The zero-order chi connectivity index (χ0) is 22.3. The van der Waals surface area contributed by atoms with Crippen molar-refractivity contribution in [2.75, 3.05) is 18.4 Å². The molecule has 0 unspecified atom stereocenters. The van der Waals surface area contributed by atoms with E-state index in [2.05, 4.69) is 10.2 Å². The third kappa shape index (κ3) is 6.26. The molecule has 1 aliphatic heterocycles. The lowest BCUT2D eigenvalue weighted by atomic mass is 9.95. The van der Waals surface area contributed by atoms with Gasteiger partial charge in [-0.2, -0.15) is 0 Å². The number of hydrogen-bond acceptors (Lipinski definition) is 3. The predicted octanol–water partition coefficient (Wildman–Crippen LogP) is 6.42. The minimum Gasteiger partial charge on any atom is -0.489 e. The summed E-state index contributed by atoms with van der Waals surface area (Å²) in [5, 5.41) is 4.20. The van der Waals surface area contributed by atoms with E-state index in [-0.39, 0.29) is 11.8 Å². The van der Waals surface area contributed by atoms with Gasteiger partial charge in [0.25, 0.3) is 0 Å². The number of carbonyl (C=O) groups is 1. The number of rotatable bonds is 7. The van der Waals surface area contributed by atoms with Gasteiger partial charge in [0, 0.05) is 18.2 Å². The van der Waals surface area contributed by atoms with Crippen LogP contribution >= 0.6 is 23.2 Å². The average Bonchev–Trinajstić information content (AvgIpc) is 2.82. The number of likely N-dealkylation sites (tertiary alicyclic amines) is 1. The molecule has 0 radical (unpaired) electrons. The van der Waals surface area contributed by atoms with Gasteiger partial charge in [-0.1, -0.05) is 59.6 Å². The first-order valence-electron chi connectivity index (χ1n) is 10.8. The zero-order valence-electron chi connectivity index (χ0n) is 17.8. The van der Waals surface area contributed by atoms with Crippen molar-refractivity contribution in [1.82, 2.24) is 4.90 Å². The Labute approximate surface area is 199 Å². The molecule has 1 fully saturated rings. The fourth-order valence-electron chi connectivity index (χ4n) is 3.87. The van der Waals surface area contributed by atoms with E-state index in [1.54, 1.807) is 0 Å². The van der Waals surface area contributed by atoms with Crippen molar-refractivity contribution in [3.05, 3.63) is 94.0 Å². The molecule has 1 amide bonds. The van der Waals surface area contributed by atoms with Crippen LogP contribution in [0.5, 0.6) is 5.75 Å². The molecule has 3 aromatic rings. The normalized spacial score (nSPS) is 14.8. The average molecular weight is 469 g/mol. The van der Waals surface area contributed by atoms with Gasteiger partial charge in [-0.25, -0.2) is 0 Å². The van der Waals surface area contributed by atoms with E-state index < -0.39 is 0 Å². The Hall–Kier alpha value is -2.53. The van der Waals surface area contributed by atoms with E-state index in [0.29, 0.717) is 16.7 Å². The van der Waals surface area contributed by atoms with Gasteiger partial charge < -0.3 is 10.1 Å². The summed E-state index contributed by atoms with van der Waals surface area (Å²) in [4.78, 5) is 15.1. The van der Waals surface area contributed by atoms with E-state index in [9.17, 15) is 4.79 Å². The largest absolute Gasteiger partial charge is 0.489 e. The molecule has 0 aliphatic carbocycles. The minimum absolute atomic E-state index is 0.0223. The molecule has 1 N–H and O–H groups in total. The first-order valence-corrected chi connectivity index (χ1v) is 11.6. The van der Waals surface area contributed by atoms with Crippen LogP contribution in [-0.4, -0.2) is 23.9 Å². The number of benzene rings is 3. The number of halogens is 2. The number of hydrogen-bond donors (Lipinski definition) is 1. The summed E-state index contributed by atoms with van der Waals surface area (Å²) in [5.74, 6) is 0.883. The Morgan fingerprint density at radius 2 is 1.62 bits per heavy atom. The van der Waals surface area contributed by atoms with Crippen molar-refractivity contribution >= 4 is 34.8 Å². The Balaban J connectivity index is 1.22. The van der Waals surface area contributed by atoms with Gasteiger partial charge in [-0.15, -0.1) is 0 Å². The summed E-state index contributed by atoms with van der Waals surface area (Å²) in [6.07, 6.45) is 1.68. The Bertz CT molecular complexity index is 1030. The minimum atomic E-state index is 0.0223. The molecular formula is C26H26Cl2N2O2. The van der Waals surface area contributed by atoms with Crippen molar-refractivity contribution in [3.63, 3.8) is 0 Å². The van der Waals surface area contributed by atoms with Gasteiger partial charge in [0.1, 0.15) is 12.4 Å². The number of piperidine rings is 1. The molecule has 6 heteroatoms. The summed E-state index contributed by atoms with van der Waals surface area (Å²) in [7, 11) is 0. The Morgan fingerprint density at radius 3 is 2.31 bits per heavy atom. The lowest BCUT2D eigenvalue weighted by molar-refractivity contribution is -0.121. The smallest absolute Gasteiger partial charge is 0.227 e. The summed E-state index contributed by atoms with van der Waals surface area (Å²) < 4.78 is 5.81. The van der Waals surface area contributed by atoms with Crippen molar-refractivity contribution in [1.29, 1.82) is 0 Å². The van der Waals surface area contributed by atoms with E-state index >= 15 is 0 Å². The van der Waals surface area contributed by atoms with Crippen molar-refractivity contribution in [2.24, 2.45) is 5.92 Å². The highest BCUT2D eigenvalue weighted by molar-refractivity contribution is 6.42. The molecule has 1 saturated heterocycles. The van der Waals surface area contributed by atoms with E-state index in [1.807, 2.05) is 72.8 Å². The summed E-state index contributed by atoms with van der Waals surface area (Å²) in [6.45, 7) is 3.10. The molecule has 4 rings (SSSR count). The second-order valence-electron chi connectivity index (χ2n) is 8.09. The van der Waals surface area contributed by atoms with Crippen LogP contribution in [-0.2, 0) is 17.9 Å². The van der Waals surface area contributed by atoms with Crippen LogP contribution in [0.3, 0.4) is 0 Å². The van der Waals surface area contributed by atoms with E-state index in [1.165, 1.54) is 0 Å². The van der Waals surface area contributed by atoms with Crippen LogP contribution in [0.4, 0.5) is 5.69 Å². The van der Waals surface area contributed by atoms with Gasteiger partial charge >= 0.3 is 0 Å². The maximum absolute atomic E-state index is 12.7. The third-order valence-electron chi connectivity index (χ3n) is 5.72. The molecule has 0 saturated carbocycles. The van der Waals surface area contributed by atoms with Crippen LogP contribution < -0.4 is 10.1 Å². The highest BCUT2D eigenvalue weighted by Crippen LogP contribution is 2.26. The molecule has 0 bridgehead atoms. The standard InChI is InChI=1S/C26H26Cl2N2O2/c27-24-11-6-20(16-25(24)28)17-30-14-12-21(13-15-30)26(31)29-22-7-9-23(10-8-22)32-18-19-4-2-1-3-5-19/h1-11,16,21H,12-15,17-18H2,(H,29,31). The lowest BCUT2D eigenvalue weighted by Crippen LogP contribution is -2.37. The molecule has 4 nitrogen and oxygen atoms in total. The van der Waals surface area contributed by atoms with Gasteiger partial charge in [0.15, 0.2) is 0 Å². The van der Waals surface area contributed by atoms with E-state index in [4.69, 9.17) is 27.9 Å². The number of anilines is 1. The molecule has 1 aliphatic rings. The van der Waals surface area contributed by atoms with Crippen LogP contribution in [0.15, 0.2) is 72.8 Å². The fraction of sp³-hybridized carbons (Fsp3) is 0.269. The van der Waals surface area contributed by atoms with E-state index in [0.717, 1.165) is 55.0 Å². The Morgan fingerprint density at radius 1 is 0.906 bits per heavy atom. The molecule has 0 spiro atoms. The quantitative estimate of drug-likeness (QED) is 0.434. The molecule has 0 aromatic heterocycles. The first-order chi connectivity index (χ1) is 15.6. The number of nitrogens with one attached hydrogen (secondary N) is 1. The van der Waals surface area contributed by atoms with Gasteiger partial charge in [-0.3, -0.25) is 9.69 Å². The number of amides is 1. The number of ether oxygens (including phenoxy) is 1. The second-order valence-corrected chi connectivity index (χ2v) is 8.90. The molecular weight excluding hydrogens is 443 g/mol. The maximum Gasteiger partial charge on any atom is 0.227 e. The van der Waals surface area contributed by atoms with Crippen LogP contribution in [0, 0.1) is 5.92 Å². The second kappa shape index (κ2) is 10.9. The van der Waals surface area contributed by atoms with Crippen molar-refractivity contribution < 1.29 is 9.53 Å². The molecule has 1 heterocycles. The molecule has 0 atom stereocenters. The fourth-order valence-corrected chi connectivity index (χ4v) is 4.19. The molecule has 3 aromatic carbocycles. The summed E-state index contributed by atoms with van der Waals surface area (Å²) >= 11 is 12.1. The van der Waals surface area contributed by atoms with Crippen LogP contribution in [0.25, 0.3) is 0 Å². The van der Waals surface area contributed by atoms with Gasteiger partial charge in [0.2, 0.25) is 5.91 Å². The zero-order valence-corrected chi connectivity index (χ0v) is 19.3. The topological polar surface area (TPSA) is 41.6 Å². The first kappa shape index (κ1) is 22.7. The molecule has 166 valence electrons. The summed E-state index contributed by atoms with van der Waals surface area (Å²) in [5.41, 5.74) is 3.05. The third-order valence-corrected chi connectivity index (χ3v) is 6.46. The number of nitrogens with zero attached hydrogens (tertiary/aromatic N) is 1. The van der Waals surface area contributed by atoms with Crippen LogP contribution in [0.2, 0.25) is 10.0 Å². The highest BCUT2D eigenvalue weighted by atomic mass is 35.5. The highest BCUT2D eigenvalue weighted by Gasteiger charge is 2.25. The SMILES string of the molecule is O=C(Nc1ccc(OCc2ccccc2)cc1)C1CCN(Cc2ccc(Cl)c(Cl)c2)CC1. The molecule has 32 heavy (non-hydrogen) atoms. The predicted molar refractivity (Wildman–Crippen MR) is 130 cm³/mol. The Kier molecular flexibility index (Phi) is 7.69.